The minimum atomic E-state index is -0.0963. The monoisotopic (exact) mass is 315 g/mol. The van der Waals surface area contributed by atoms with Crippen LogP contribution in [0.25, 0.3) is 0 Å². The summed E-state index contributed by atoms with van der Waals surface area (Å²) in [6.07, 6.45) is 2.17. The highest BCUT2D eigenvalue weighted by atomic mass is 32.2. The van der Waals surface area contributed by atoms with Crippen molar-refractivity contribution in [1.82, 2.24) is 5.32 Å². The van der Waals surface area contributed by atoms with Gasteiger partial charge < -0.3 is 5.32 Å². The lowest BCUT2D eigenvalue weighted by molar-refractivity contribution is 0.452. The molecule has 1 saturated heterocycles. The lowest BCUT2D eigenvalue weighted by Gasteiger charge is -2.25. The van der Waals surface area contributed by atoms with Crippen molar-refractivity contribution in [3.63, 3.8) is 0 Å². The summed E-state index contributed by atoms with van der Waals surface area (Å²) in [5.74, 6) is 0.367. The third kappa shape index (κ3) is 3.36. The zero-order valence-electron chi connectivity index (χ0n) is 13.2. The van der Waals surface area contributed by atoms with Crippen LogP contribution in [0.15, 0.2) is 46.2 Å². The molecule has 1 heterocycles. The molecule has 1 aliphatic rings. The Labute approximate surface area is 136 Å². The molecule has 0 radical (unpaired) electrons. The number of benzene rings is 2. The highest BCUT2D eigenvalue weighted by Gasteiger charge is 2.21. The second kappa shape index (κ2) is 6.84. The Morgan fingerprint density at radius 2 is 1.86 bits per heavy atom. The van der Waals surface area contributed by atoms with Crippen LogP contribution in [0.4, 0.5) is 4.39 Å². The third-order valence-electron chi connectivity index (χ3n) is 4.32. The van der Waals surface area contributed by atoms with Crippen molar-refractivity contribution in [2.75, 3.05) is 13.1 Å². The molecule has 0 aliphatic carbocycles. The SMILES string of the molecule is Cc1ccc(Sc2c(F)cccc2C2CCNCC2)c(C)c1. The van der Waals surface area contributed by atoms with Gasteiger partial charge in [0.25, 0.3) is 0 Å². The molecular formula is C19H22FNS. The molecule has 1 fully saturated rings. The fraction of sp³-hybridized carbons (Fsp3) is 0.368. The smallest absolute Gasteiger partial charge is 0.137 e. The van der Waals surface area contributed by atoms with Crippen molar-refractivity contribution in [2.24, 2.45) is 0 Å². The lowest BCUT2D eigenvalue weighted by atomic mass is 9.90. The van der Waals surface area contributed by atoms with E-state index in [1.807, 2.05) is 6.07 Å². The second-order valence-electron chi connectivity index (χ2n) is 6.05. The van der Waals surface area contributed by atoms with Crippen molar-refractivity contribution in [3.05, 3.63) is 58.9 Å². The number of rotatable bonds is 3. The predicted octanol–water partition coefficient (Wildman–Crippen LogP) is 5.06. The van der Waals surface area contributed by atoms with Gasteiger partial charge in [0, 0.05) is 4.90 Å². The standard InChI is InChI=1S/C19H22FNS/c1-13-6-7-18(14(2)12-13)22-19-16(4-3-5-17(19)20)15-8-10-21-11-9-15/h3-7,12,15,21H,8-11H2,1-2H3. The zero-order chi connectivity index (χ0) is 15.5. The minimum Gasteiger partial charge on any atom is -0.317 e. The summed E-state index contributed by atoms with van der Waals surface area (Å²) in [6.45, 7) is 6.23. The van der Waals surface area contributed by atoms with E-state index in [9.17, 15) is 4.39 Å². The van der Waals surface area contributed by atoms with E-state index in [2.05, 4.69) is 43.4 Å². The van der Waals surface area contributed by atoms with E-state index < -0.39 is 0 Å². The van der Waals surface area contributed by atoms with E-state index in [4.69, 9.17) is 0 Å². The third-order valence-corrected chi connectivity index (χ3v) is 5.63. The van der Waals surface area contributed by atoms with Gasteiger partial charge in [0.1, 0.15) is 5.82 Å². The van der Waals surface area contributed by atoms with Crippen LogP contribution in [0.1, 0.15) is 35.4 Å². The molecule has 2 aromatic rings. The Kier molecular flexibility index (Phi) is 4.84. The van der Waals surface area contributed by atoms with Gasteiger partial charge in [0.2, 0.25) is 0 Å². The van der Waals surface area contributed by atoms with E-state index in [0.717, 1.165) is 35.7 Å². The maximum absolute atomic E-state index is 14.5. The molecule has 1 aliphatic heterocycles. The molecule has 116 valence electrons. The molecule has 0 amide bonds. The van der Waals surface area contributed by atoms with Crippen LogP contribution in [0, 0.1) is 19.7 Å². The molecule has 3 heteroatoms. The summed E-state index contributed by atoms with van der Waals surface area (Å²) < 4.78 is 14.5. The van der Waals surface area contributed by atoms with E-state index in [1.54, 1.807) is 17.8 Å². The van der Waals surface area contributed by atoms with E-state index in [-0.39, 0.29) is 5.82 Å². The van der Waals surface area contributed by atoms with Gasteiger partial charge in [0.15, 0.2) is 0 Å². The van der Waals surface area contributed by atoms with E-state index >= 15 is 0 Å². The molecule has 3 rings (SSSR count). The molecule has 0 spiro atoms. The van der Waals surface area contributed by atoms with E-state index in [1.165, 1.54) is 16.7 Å². The number of nitrogens with one attached hydrogen (secondary N) is 1. The quantitative estimate of drug-likeness (QED) is 0.849. The summed E-state index contributed by atoms with van der Waals surface area (Å²) in [5.41, 5.74) is 3.63. The molecule has 0 saturated carbocycles. The first-order valence-electron chi connectivity index (χ1n) is 7.89. The van der Waals surface area contributed by atoms with Crippen LogP contribution in [0.5, 0.6) is 0 Å². The Hall–Kier alpha value is -1.32. The first kappa shape index (κ1) is 15.6. The first-order valence-corrected chi connectivity index (χ1v) is 8.71. The second-order valence-corrected chi connectivity index (χ2v) is 7.11. The molecule has 0 aromatic heterocycles. The number of hydrogen-bond donors (Lipinski definition) is 1. The highest BCUT2D eigenvalue weighted by molar-refractivity contribution is 7.99. The molecule has 1 N–H and O–H groups in total. The highest BCUT2D eigenvalue weighted by Crippen LogP contribution is 2.39. The van der Waals surface area contributed by atoms with Crippen LogP contribution in [0.2, 0.25) is 0 Å². The van der Waals surface area contributed by atoms with Crippen LogP contribution in [0.3, 0.4) is 0 Å². The number of piperidine rings is 1. The number of halogens is 1. The Balaban J connectivity index is 1.95. The molecular weight excluding hydrogens is 293 g/mol. The molecule has 2 aromatic carbocycles. The minimum absolute atomic E-state index is 0.0963. The van der Waals surface area contributed by atoms with Crippen molar-refractivity contribution >= 4 is 11.8 Å². The normalized spacial score (nSPS) is 16.0. The van der Waals surface area contributed by atoms with Crippen LogP contribution in [-0.4, -0.2) is 13.1 Å². The average molecular weight is 315 g/mol. The van der Waals surface area contributed by atoms with Gasteiger partial charge in [-0.3, -0.25) is 0 Å². The van der Waals surface area contributed by atoms with Crippen LogP contribution in [-0.2, 0) is 0 Å². The summed E-state index contributed by atoms with van der Waals surface area (Å²) in [7, 11) is 0. The van der Waals surface area contributed by atoms with Crippen molar-refractivity contribution in [2.45, 2.75) is 42.4 Å². The average Bonchev–Trinajstić information content (AvgIpc) is 2.52. The van der Waals surface area contributed by atoms with Gasteiger partial charge in [0.05, 0.1) is 4.90 Å². The van der Waals surface area contributed by atoms with Gasteiger partial charge in [-0.25, -0.2) is 4.39 Å². The van der Waals surface area contributed by atoms with Crippen molar-refractivity contribution in [3.8, 4) is 0 Å². The maximum Gasteiger partial charge on any atom is 0.137 e. The predicted molar refractivity (Wildman–Crippen MR) is 91.3 cm³/mol. The number of hydrogen-bond acceptors (Lipinski definition) is 2. The zero-order valence-corrected chi connectivity index (χ0v) is 14.0. The maximum atomic E-state index is 14.5. The Morgan fingerprint density at radius 3 is 2.59 bits per heavy atom. The Morgan fingerprint density at radius 1 is 1.09 bits per heavy atom. The topological polar surface area (TPSA) is 12.0 Å². The summed E-state index contributed by atoms with van der Waals surface area (Å²) >= 11 is 1.57. The summed E-state index contributed by atoms with van der Waals surface area (Å²) in [4.78, 5) is 1.95. The van der Waals surface area contributed by atoms with Gasteiger partial charge >= 0.3 is 0 Å². The molecule has 22 heavy (non-hydrogen) atoms. The molecule has 1 nitrogen and oxygen atoms in total. The summed E-state index contributed by atoms with van der Waals surface area (Å²) in [5, 5.41) is 3.38. The van der Waals surface area contributed by atoms with Gasteiger partial charge in [-0.2, -0.15) is 0 Å². The van der Waals surface area contributed by atoms with E-state index in [0.29, 0.717) is 5.92 Å². The van der Waals surface area contributed by atoms with Gasteiger partial charge in [-0.15, -0.1) is 0 Å². The fourth-order valence-corrected chi connectivity index (χ4v) is 4.21. The molecule has 0 bridgehead atoms. The lowest BCUT2D eigenvalue weighted by Crippen LogP contribution is -2.27. The van der Waals surface area contributed by atoms with Crippen molar-refractivity contribution in [1.29, 1.82) is 0 Å². The van der Waals surface area contributed by atoms with Crippen molar-refractivity contribution < 1.29 is 4.39 Å². The van der Waals surface area contributed by atoms with Gasteiger partial charge in [-0.1, -0.05) is 41.6 Å². The summed E-state index contributed by atoms with van der Waals surface area (Å²) in [6, 6.07) is 11.9. The largest absolute Gasteiger partial charge is 0.317 e. The Bertz CT molecular complexity index is 662. The molecule has 0 atom stereocenters. The van der Waals surface area contributed by atoms with Crippen LogP contribution < -0.4 is 5.32 Å². The van der Waals surface area contributed by atoms with Gasteiger partial charge in [-0.05, 0) is 69.0 Å². The van der Waals surface area contributed by atoms with Crippen LogP contribution >= 0.6 is 11.8 Å². The number of aryl methyl sites for hydroxylation is 2. The molecule has 0 unspecified atom stereocenters. The fourth-order valence-electron chi connectivity index (χ4n) is 3.11. The first-order chi connectivity index (χ1) is 10.6.